The summed E-state index contributed by atoms with van der Waals surface area (Å²) in [5, 5.41) is 5.62. The lowest BCUT2D eigenvalue weighted by molar-refractivity contribution is -0.121. The van der Waals surface area contributed by atoms with Gasteiger partial charge in [0.15, 0.2) is 0 Å². The molecule has 0 aromatic rings. The van der Waals surface area contributed by atoms with E-state index in [-0.39, 0.29) is 36.7 Å². The Morgan fingerprint density at radius 2 is 2.05 bits per heavy atom. The SMILES string of the molecule is Cl.O=C(NCCS(=O)(=O)N1CCCC1)C1C=CCN1. The summed E-state index contributed by atoms with van der Waals surface area (Å²) in [5.74, 6) is -0.185. The molecule has 2 aliphatic heterocycles. The summed E-state index contributed by atoms with van der Waals surface area (Å²) in [4.78, 5) is 11.6. The standard InChI is InChI=1S/C11H19N3O3S.ClH/c15-11(10-4-3-5-12-10)13-6-9-18(16,17)14-7-1-2-8-14;/h3-4,10,12H,1-2,5-9H2,(H,13,15);1H. The van der Waals surface area contributed by atoms with Crippen LogP contribution >= 0.6 is 12.4 Å². The second-order valence-corrected chi connectivity index (χ2v) is 6.62. The molecule has 0 aliphatic carbocycles. The van der Waals surface area contributed by atoms with Crippen LogP contribution in [0.5, 0.6) is 0 Å². The van der Waals surface area contributed by atoms with Crippen LogP contribution < -0.4 is 10.6 Å². The molecule has 1 unspecified atom stereocenters. The van der Waals surface area contributed by atoms with Crippen molar-refractivity contribution in [1.29, 1.82) is 0 Å². The molecule has 1 fully saturated rings. The van der Waals surface area contributed by atoms with Crippen molar-refractivity contribution in [2.75, 3.05) is 31.9 Å². The van der Waals surface area contributed by atoms with Crippen LogP contribution in [-0.2, 0) is 14.8 Å². The van der Waals surface area contributed by atoms with Crippen molar-refractivity contribution in [2.45, 2.75) is 18.9 Å². The highest BCUT2D eigenvalue weighted by Gasteiger charge is 2.25. The average molecular weight is 310 g/mol. The molecule has 0 aromatic heterocycles. The van der Waals surface area contributed by atoms with Gasteiger partial charge in [-0.15, -0.1) is 12.4 Å². The lowest BCUT2D eigenvalue weighted by Crippen LogP contribution is -2.43. The molecule has 1 atom stereocenters. The van der Waals surface area contributed by atoms with Crippen LogP contribution in [-0.4, -0.2) is 56.6 Å². The van der Waals surface area contributed by atoms with Gasteiger partial charge in [-0.05, 0) is 12.8 Å². The fourth-order valence-electron chi connectivity index (χ4n) is 2.16. The summed E-state index contributed by atoms with van der Waals surface area (Å²) in [7, 11) is -3.20. The minimum atomic E-state index is -3.20. The molecule has 6 nitrogen and oxygen atoms in total. The van der Waals surface area contributed by atoms with Crippen molar-refractivity contribution in [2.24, 2.45) is 0 Å². The third-order valence-corrected chi connectivity index (χ3v) is 5.06. The van der Waals surface area contributed by atoms with Crippen LogP contribution in [0.1, 0.15) is 12.8 Å². The Bertz CT molecular complexity index is 432. The molecule has 0 radical (unpaired) electrons. The number of nitrogens with zero attached hydrogens (tertiary/aromatic N) is 1. The van der Waals surface area contributed by atoms with Crippen LogP contribution in [0.3, 0.4) is 0 Å². The Hall–Kier alpha value is -0.630. The van der Waals surface area contributed by atoms with Gasteiger partial charge in [-0.2, -0.15) is 0 Å². The molecule has 0 spiro atoms. The maximum atomic E-state index is 11.9. The van der Waals surface area contributed by atoms with Gasteiger partial charge in [0.25, 0.3) is 0 Å². The number of halogens is 1. The van der Waals surface area contributed by atoms with Crippen LogP contribution in [0.4, 0.5) is 0 Å². The second-order valence-electron chi connectivity index (χ2n) is 4.53. The zero-order valence-corrected chi connectivity index (χ0v) is 12.3. The molecule has 19 heavy (non-hydrogen) atoms. The fraction of sp³-hybridized carbons (Fsp3) is 0.727. The van der Waals surface area contributed by atoms with Crippen LogP contribution in [0.25, 0.3) is 0 Å². The monoisotopic (exact) mass is 309 g/mol. The van der Waals surface area contributed by atoms with Gasteiger partial charge in [0.1, 0.15) is 6.04 Å². The molecule has 0 saturated carbocycles. The van der Waals surface area contributed by atoms with Crippen molar-refractivity contribution >= 4 is 28.3 Å². The quantitative estimate of drug-likeness (QED) is 0.670. The van der Waals surface area contributed by atoms with Gasteiger partial charge in [0.2, 0.25) is 15.9 Å². The highest BCUT2D eigenvalue weighted by atomic mass is 35.5. The van der Waals surface area contributed by atoms with E-state index in [1.54, 1.807) is 6.08 Å². The first-order valence-corrected chi connectivity index (χ1v) is 7.86. The molecule has 1 saturated heterocycles. The maximum Gasteiger partial charge on any atom is 0.241 e. The Balaban J connectivity index is 0.00000180. The number of carbonyl (C=O) groups is 1. The molecule has 2 N–H and O–H groups in total. The molecule has 0 aromatic carbocycles. The lowest BCUT2D eigenvalue weighted by Gasteiger charge is -2.16. The highest BCUT2D eigenvalue weighted by Crippen LogP contribution is 2.12. The van der Waals surface area contributed by atoms with Gasteiger partial charge in [0, 0.05) is 26.2 Å². The van der Waals surface area contributed by atoms with Crippen LogP contribution in [0.15, 0.2) is 12.2 Å². The van der Waals surface area contributed by atoms with Crippen molar-refractivity contribution in [1.82, 2.24) is 14.9 Å². The van der Waals surface area contributed by atoms with Gasteiger partial charge >= 0.3 is 0 Å². The minimum absolute atomic E-state index is 0. The molecule has 1 amide bonds. The normalized spacial score (nSPS) is 23.3. The lowest BCUT2D eigenvalue weighted by atomic mass is 10.3. The largest absolute Gasteiger partial charge is 0.353 e. The van der Waals surface area contributed by atoms with Gasteiger partial charge in [-0.1, -0.05) is 12.2 Å². The first kappa shape index (κ1) is 16.4. The van der Waals surface area contributed by atoms with E-state index in [0.29, 0.717) is 19.6 Å². The van der Waals surface area contributed by atoms with E-state index in [4.69, 9.17) is 0 Å². The van der Waals surface area contributed by atoms with E-state index < -0.39 is 10.0 Å². The number of carbonyl (C=O) groups excluding carboxylic acids is 1. The van der Waals surface area contributed by atoms with Crippen molar-refractivity contribution in [3.63, 3.8) is 0 Å². The predicted molar refractivity (Wildman–Crippen MR) is 75.8 cm³/mol. The van der Waals surface area contributed by atoms with Gasteiger partial charge in [-0.3, -0.25) is 10.1 Å². The summed E-state index contributed by atoms with van der Waals surface area (Å²) in [5.41, 5.74) is 0. The van der Waals surface area contributed by atoms with Gasteiger partial charge in [-0.25, -0.2) is 12.7 Å². The minimum Gasteiger partial charge on any atom is -0.353 e. The summed E-state index contributed by atoms with van der Waals surface area (Å²) < 4.78 is 25.3. The zero-order chi connectivity index (χ0) is 13.0. The number of nitrogens with one attached hydrogen (secondary N) is 2. The molecule has 2 heterocycles. The fourth-order valence-corrected chi connectivity index (χ4v) is 3.59. The summed E-state index contributed by atoms with van der Waals surface area (Å²) in [6.07, 6.45) is 5.53. The number of hydrogen-bond acceptors (Lipinski definition) is 4. The van der Waals surface area contributed by atoms with Gasteiger partial charge < -0.3 is 5.32 Å². The Morgan fingerprint density at radius 1 is 1.37 bits per heavy atom. The predicted octanol–water partition coefficient (Wildman–Crippen LogP) is -0.522. The Kier molecular flexibility index (Phi) is 6.25. The van der Waals surface area contributed by atoms with E-state index >= 15 is 0 Å². The third kappa shape index (κ3) is 4.45. The average Bonchev–Trinajstić information content (AvgIpc) is 3.02. The maximum absolute atomic E-state index is 11.9. The van der Waals surface area contributed by atoms with E-state index in [9.17, 15) is 13.2 Å². The molecule has 8 heteroatoms. The third-order valence-electron chi connectivity index (χ3n) is 3.18. The Morgan fingerprint density at radius 3 is 2.63 bits per heavy atom. The van der Waals surface area contributed by atoms with Crippen LogP contribution in [0, 0.1) is 0 Å². The van der Waals surface area contributed by atoms with E-state index in [1.165, 1.54) is 4.31 Å². The zero-order valence-electron chi connectivity index (χ0n) is 10.7. The van der Waals surface area contributed by atoms with Crippen molar-refractivity contribution < 1.29 is 13.2 Å². The number of amides is 1. The molecule has 0 bridgehead atoms. The van der Waals surface area contributed by atoms with E-state index in [1.807, 2.05) is 6.08 Å². The molecule has 2 rings (SSSR count). The summed E-state index contributed by atoms with van der Waals surface area (Å²) in [6.45, 7) is 2.08. The van der Waals surface area contributed by atoms with E-state index in [2.05, 4.69) is 10.6 Å². The van der Waals surface area contributed by atoms with Crippen molar-refractivity contribution in [3.05, 3.63) is 12.2 Å². The smallest absolute Gasteiger partial charge is 0.241 e. The van der Waals surface area contributed by atoms with E-state index in [0.717, 1.165) is 12.8 Å². The molecule has 110 valence electrons. The van der Waals surface area contributed by atoms with Gasteiger partial charge in [0.05, 0.1) is 5.75 Å². The van der Waals surface area contributed by atoms with Crippen LogP contribution in [0.2, 0.25) is 0 Å². The number of rotatable bonds is 5. The van der Waals surface area contributed by atoms with Crippen molar-refractivity contribution in [3.8, 4) is 0 Å². The Labute approximate surface area is 120 Å². The summed E-state index contributed by atoms with van der Waals surface area (Å²) in [6, 6.07) is -0.320. The first-order chi connectivity index (χ1) is 8.59. The topological polar surface area (TPSA) is 78.5 Å². The molecular formula is C11H20ClN3O3S. The molecule has 2 aliphatic rings. The second kappa shape index (κ2) is 7.23. The number of sulfonamides is 1. The number of hydrogen-bond donors (Lipinski definition) is 2. The highest BCUT2D eigenvalue weighted by molar-refractivity contribution is 7.89. The summed E-state index contributed by atoms with van der Waals surface area (Å²) >= 11 is 0. The molecular weight excluding hydrogens is 290 g/mol. The first-order valence-electron chi connectivity index (χ1n) is 6.25.